The van der Waals surface area contributed by atoms with Gasteiger partial charge in [0.15, 0.2) is 0 Å². The molecule has 5 nitrogen and oxygen atoms in total. The van der Waals surface area contributed by atoms with Gasteiger partial charge in [-0.05, 0) is 36.4 Å². The van der Waals surface area contributed by atoms with E-state index < -0.39 is 0 Å². The molecule has 0 aliphatic rings. The highest BCUT2D eigenvalue weighted by atomic mass is 79.9. The number of benzene rings is 2. The second-order valence-corrected chi connectivity index (χ2v) is 6.05. The summed E-state index contributed by atoms with van der Waals surface area (Å²) in [4.78, 5) is 28.3. The third-order valence-electron chi connectivity index (χ3n) is 3.36. The fourth-order valence-electron chi connectivity index (χ4n) is 2.22. The number of hydrogen-bond donors (Lipinski definition) is 2. The van der Waals surface area contributed by atoms with E-state index >= 15 is 0 Å². The van der Waals surface area contributed by atoms with Crippen LogP contribution in [0.15, 0.2) is 65.1 Å². The van der Waals surface area contributed by atoms with E-state index in [4.69, 9.17) is 0 Å². The minimum atomic E-state index is -0.332. The molecule has 1 heterocycles. The molecule has 0 bridgehead atoms. The van der Waals surface area contributed by atoms with Crippen molar-refractivity contribution >= 4 is 44.5 Å². The fourth-order valence-corrected chi connectivity index (χ4v) is 2.61. The van der Waals surface area contributed by atoms with Crippen LogP contribution < -0.4 is 10.6 Å². The smallest absolute Gasteiger partial charge is 0.251 e. The zero-order valence-corrected chi connectivity index (χ0v) is 14.2. The highest BCUT2D eigenvalue weighted by Crippen LogP contribution is 2.14. The van der Waals surface area contributed by atoms with E-state index in [9.17, 15) is 9.59 Å². The molecule has 0 aliphatic heterocycles. The zero-order chi connectivity index (χ0) is 16.9. The molecule has 0 spiro atoms. The number of hydrogen-bond acceptors (Lipinski definition) is 3. The summed E-state index contributed by atoms with van der Waals surface area (Å²) in [6.45, 7) is -0.125. The standard InChI is InChI=1S/C18H14BrN3O2/c19-14-6-3-5-13(10-14)18(24)20-11-17(23)22-16-9-8-12-4-1-2-7-15(12)21-16/h1-10H,11H2,(H,20,24)(H,21,22,23). The Balaban J connectivity index is 1.59. The average Bonchev–Trinajstić information content (AvgIpc) is 2.59. The van der Waals surface area contributed by atoms with E-state index in [1.165, 1.54) is 0 Å². The molecule has 3 rings (SSSR count). The maximum absolute atomic E-state index is 12.0. The largest absolute Gasteiger partial charge is 0.343 e. The number of carbonyl (C=O) groups excluding carboxylic acids is 2. The van der Waals surface area contributed by atoms with Crippen LogP contribution in [0.5, 0.6) is 0 Å². The van der Waals surface area contributed by atoms with Crippen LogP contribution in [-0.4, -0.2) is 23.3 Å². The van der Waals surface area contributed by atoms with Crippen LogP contribution in [0.4, 0.5) is 5.82 Å². The predicted molar refractivity (Wildman–Crippen MR) is 96.8 cm³/mol. The highest BCUT2D eigenvalue weighted by molar-refractivity contribution is 9.10. The first kappa shape index (κ1) is 16.1. The lowest BCUT2D eigenvalue weighted by Gasteiger charge is -2.07. The normalized spacial score (nSPS) is 10.4. The van der Waals surface area contributed by atoms with Crippen LogP contribution in [0.3, 0.4) is 0 Å². The molecule has 2 aromatic carbocycles. The van der Waals surface area contributed by atoms with E-state index in [1.807, 2.05) is 36.4 Å². The second kappa shape index (κ2) is 7.23. The van der Waals surface area contributed by atoms with E-state index in [0.717, 1.165) is 15.4 Å². The topological polar surface area (TPSA) is 71.1 Å². The van der Waals surface area contributed by atoms with Gasteiger partial charge in [0.1, 0.15) is 5.82 Å². The molecule has 0 radical (unpaired) electrons. The van der Waals surface area contributed by atoms with Crippen LogP contribution in [0.1, 0.15) is 10.4 Å². The van der Waals surface area contributed by atoms with Crippen molar-refractivity contribution in [3.63, 3.8) is 0 Å². The van der Waals surface area contributed by atoms with Crippen molar-refractivity contribution in [2.45, 2.75) is 0 Å². The van der Waals surface area contributed by atoms with Gasteiger partial charge in [-0.3, -0.25) is 9.59 Å². The Morgan fingerprint density at radius 3 is 2.67 bits per heavy atom. The second-order valence-electron chi connectivity index (χ2n) is 5.13. The molecule has 0 aliphatic carbocycles. The Labute approximate surface area is 147 Å². The van der Waals surface area contributed by atoms with Crippen molar-refractivity contribution in [1.82, 2.24) is 10.3 Å². The molecule has 6 heteroatoms. The first-order valence-corrected chi connectivity index (χ1v) is 8.10. The van der Waals surface area contributed by atoms with Gasteiger partial charge in [-0.15, -0.1) is 0 Å². The van der Waals surface area contributed by atoms with E-state index in [0.29, 0.717) is 11.4 Å². The molecule has 120 valence electrons. The molecule has 0 atom stereocenters. The molecular formula is C18H14BrN3O2. The summed E-state index contributed by atoms with van der Waals surface area (Å²) in [5, 5.41) is 6.26. The van der Waals surface area contributed by atoms with E-state index in [2.05, 4.69) is 31.5 Å². The molecule has 24 heavy (non-hydrogen) atoms. The van der Waals surface area contributed by atoms with Gasteiger partial charge in [-0.1, -0.05) is 40.2 Å². The molecule has 0 saturated carbocycles. The minimum absolute atomic E-state index is 0.125. The number of nitrogens with one attached hydrogen (secondary N) is 2. The van der Waals surface area contributed by atoms with E-state index in [1.54, 1.807) is 24.3 Å². The van der Waals surface area contributed by atoms with Crippen LogP contribution in [-0.2, 0) is 4.79 Å². The van der Waals surface area contributed by atoms with Crippen LogP contribution in [0, 0.1) is 0 Å². The fraction of sp³-hybridized carbons (Fsp3) is 0.0556. The third-order valence-corrected chi connectivity index (χ3v) is 3.86. The maximum Gasteiger partial charge on any atom is 0.251 e. The lowest BCUT2D eigenvalue weighted by molar-refractivity contribution is -0.115. The summed E-state index contributed by atoms with van der Waals surface area (Å²) in [7, 11) is 0. The Morgan fingerprint density at radius 2 is 1.83 bits per heavy atom. The summed E-state index contributed by atoms with van der Waals surface area (Å²) in [6, 6.07) is 18.2. The van der Waals surface area contributed by atoms with Crippen molar-refractivity contribution in [1.29, 1.82) is 0 Å². The molecule has 0 saturated heterocycles. The number of anilines is 1. The van der Waals surface area contributed by atoms with Crippen molar-refractivity contribution < 1.29 is 9.59 Å². The number of nitrogens with zero attached hydrogens (tertiary/aromatic N) is 1. The Morgan fingerprint density at radius 1 is 1.00 bits per heavy atom. The SMILES string of the molecule is O=C(CNC(=O)c1cccc(Br)c1)Nc1ccc2ccccc2n1. The van der Waals surface area contributed by atoms with Gasteiger partial charge in [0.05, 0.1) is 12.1 Å². The van der Waals surface area contributed by atoms with Crippen molar-refractivity contribution in [3.8, 4) is 0 Å². The number of fused-ring (bicyclic) bond motifs is 1. The summed E-state index contributed by atoms with van der Waals surface area (Å²) >= 11 is 3.31. The number of halogens is 1. The average molecular weight is 384 g/mol. The number of rotatable bonds is 4. The Bertz CT molecular complexity index is 911. The van der Waals surface area contributed by atoms with Crippen molar-refractivity contribution in [2.24, 2.45) is 0 Å². The Kier molecular flexibility index (Phi) is 4.86. The predicted octanol–water partition coefficient (Wildman–Crippen LogP) is 3.37. The van der Waals surface area contributed by atoms with Crippen LogP contribution >= 0.6 is 15.9 Å². The van der Waals surface area contributed by atoms with Gasteiger partial charge in [0.2, 0.25) is 5.91 Å². The Hall–Kier alpha value is -2.73. The van der Waals surface area contributed by atoms with E-state index in [-0.39, 0.29) is 18.4 Å². The first-order valence-electron chi connectivity index (χ1n) is 7.31. The van der Waals surface area contributed by atoms with Gasteiger partial charge in [0.25, 0.3) is 5.91 Å². The number of amides is 2. The quantitative estimate of drug-likeness (QED) is 0.725. The van der Waals surface area contributed by atoms with Gasteiger partial charge >= 0.3 is 0 Å². The number of para-hydroxylation sites is 1. The summed E-state index contributed by atoms with van der Waals surface area (Å²) in [6.07, 6.45) is 0. The van der Waals surface area contributed by atoms with Gasteiger partial charge < -0.3 is 10.6 Å². The van der Waals surface area contributed by atoms with Gasteiger partial charge in [0, 0.05) is 15.4 Å². The molecule has 2 N–H and O–H groups in total. The number of carbonyl (C=O) groups is 2. The first-order chi connectivity index (χ1) is 11.6. The lowest BCUT2D eigenvalue weighted by atomic mass is 10.2. The highest BCUT2D eigenvalue weighted by Gasteiger charge is 2.09. The lowest BCUT2D eigenvalue weighted by Crippen LogP contribution is -2.33. The van der Waals surface area contributed by atoms with Crippen molar-refractivity contribution in [3.05, 3.63) is 70.7 Å². The molecule has 3 aromatic rings. The molecule has 0 fully saturated rings. The number of pyridine rings is 1. The summed E-state index contributed by atoms with van der Waals surface area (Å²) in [5.41, 5.74) is 1.29. The monoisotopic (exact) mass is 383 g/mol. The van der Waals surface area contributed by atoms with Gasteiger partial charge in [-0.2, -0.15) is 0 Å². The van der Waals surface area contributed by atoms with Gasteiger partial charge in [-0.25, -0.2) is 4.98 Å². The summed E-state index contributed by atoms with van der Waals surface area (Å²) in [5.74, 6) is -0.186. The molecule has 1 aromatic heterocycles. The molecular weight excluding hydrogens is 370 g/mol. The summed E-state index contributed by atoms with van der Waals surface area (Å²) < 4.78 is 0.806. The van der Waals surface area contributed by atoms with Crippen LogP contribution in [0.2, 0.25) is 0 Å². The molecule has 0 unspecified atom stereocenters. The third kappa shape index (κ3) is 3.97. The number of aromatic nitrogens is 1. The van der Waals surface area contributed by atoms with Crippen LogP contribution in [0.25, 0.3) is 10.9 Å². The zero-order valence-electron chi connectivity index (χ0n) is 12.6. The van der Waals surface area contributed by atoms with Crippen molar-refractivity contribution in [2.75, 3.05) is 11.9 Å². The minimum Gasteiger partial charge on any atom is -0.343 e. The maximum atomic E-state index is 12.0. The molecule has 2 amide bonds.